The molecule has 0 bridgehead atoms. The second-order valence-electron chi connectivity index (χ2n) is 4.07. The summed E-state index contributed by atoms with van der Waals surface area (Å²) in [5.74, 6) is -0.911. The molecule has 0 amide bonds. The van der Waals surface area contributed by atoms with Gasteiger partial charge in [0.05, 0.1) is 26.2 Å². The van der Waals surface area contributed by atoms with E-state index in [9.17, 15) is 0 Å². The monoisotopic (exact) mass is 264 g/mol. The van der Waals surface area contributed by atoms with E-state index in [0.29, 0.717) is 25.7 Å². The van der Waals surface area contributed by atoms with Crippen LogP contribution in [0.3, 0.4) is 0 Å². The van der Waals surface area contributed by atoms with Crippen molar-refractivity contribution in [3.05, 3.63) is 0 Å². The average molecular weight is 264 g/mol. The summed E-state index contributed by atoms with van der Waals surface area (Å²) in [4.78, 5) is 0. The Kier molecular flexibility index (Phi) is 7.25. The third-order valence-corrected chi connectivity index (χ3v) is 4.34. The lowest BCUT2D eigenvalue weighted by atomic mass is 10.4. The largest absolute Gasteiger partial charge is 0.378 e. The van der Waals surface area contributed by atoms with E-state index in [4.69, 9.17) is 23.4 Å². The normalized spacial score (nSPS) is 20.3. The van der Waals surface area contributed by atoms with Gasteiger partial charge < -0.3 is 23.4 Å². The smallest absolute Gasteiger partial charge is 0.274 e. The Labute approximate surface area is 106 Å². The van der Waals surface area contributed by atoms with Crippen molar-refractivity contribution in [1.82, 2.24) is 0 Å². The number of hydrogen-bond donors (Lipinski definition) is 0. The van der Waals surface area contributed by atoms with Crippen LogP contribution >= 0.6 is 0 Å². The van der Waals surface area contributed by atoms with E-state index in [1.165, 1.54) is 0 Å². The van der Waals surface area contributed by atoms with Gasteiger partial charge in [0.1, 0.15) is 6.10 Å². The fraction of sp³-hybridized carbons (Fsp3) is 1.00. The van der Waals surface area contributed by atoms with E-state index in [-0.39, 0.29) is 0 Å². The molecule has 1 rings (SSSR count). The van der Waals surface area contributed by atoms with Gasteiger partial charge in [-0.05, 0) is 6.04 Å². The zero-order valence-corrected chi connectivity index (χ0v) is 12.5. The zero-order valence-electron chi connectivity index (χ0n) is 11.1. The van der Waals surface area contributed by atoms with Crippen LogP contribution in [0.5, 0.6) is 0 Å². The average Bonchev–Trinajstić information content (AvgIpc) is 3.17. The van der Waals surface area contributed by atoms with Gasteiger partial charge >= 0.3 is 0 Å². The Morgan fingerprint density at radius 1 is 1.35 bits per heavy atom. The van der Waals surface area contributed by atoms with Crippen molar-refractivity contribution < 1.29 is 23.4 Å². The predicted molar refractivity (Wildman–Crippen MR) is 66.7 cm³/mol. The molecule has 1 unspecified atom stereocenters. The standard InChI is InChI=1S/C11H24O5Si/c1-4-7-17-16-11(12-2,13-3)5-6-14-8-10-9-15-10/h10H,4-9,17H2,1-3H3. The van der Waals surface area contributed by atoms with Crippen molar-refractivity contribution >= 4 is 9.76 Å². The first-order valence-corrected chi connectivity index (χ1v) is 7.77. The van der Waals surface area contributed by atoms with Crippen LogP contribution in [0.2, 0.25) is 6.04 Å². The highest BCUT2D eigenvalue weighted by Crippen LogP contribution is 2.19. The Morgan fingerprint density at radius 2 is 2.06 bits per heavy atom. The van der Waals surface area contributed by atoms with Crippen LogP contribution in [0.25, 0.3) is 0 Å². The molecule has 0 saturated carbocycles. The number of methoxy groups -OCH3 is 2. The second-order valence-corrected chi connectivity index (χ2v) is 5.48. The summed E-state index contributed by atoms with van der Waals surface area (Å²) < 4.78 is 27.0. The van der Waals surface area contributed by atoms with Gasteiger partial charge in [0, 0.05) is 14.2 Å². The molecule has 1 heterocycles. The molecule has 17 heavy (non-hydrogen) atoms. The van der Waals surface area contributed by atoms with E-state index in [2.05, 4.69) is 6.92 Å². The molecule has 1 saturated heterocycles. The molecule has 1 aliphatic heterocycles. The topological polar surface area (TPSA) is 49.5 Å². The van der Waals surface area contributed by atoms with Gasteiger partial charge in [0.25, 0.3) is 5.97 Å². The van der Waals surface area contributed by atoms with E-state index in [0.717, 1.165) is 19.1 Å². The molecule has 0 aromatic rings. The Bertz CT molecular complexity index is 194. The molecule has 1 fully saturated rings. The fourth-order valence-corrected chi connectivity index (χ4v) is 2.55. The number of hydrogen-bond acceptors (Lipinski definition) is 5. The maximum absolute atomic E-state index is 5.77. The maximum atomic E-state index is 5.77. The van der Waals surface area contributed by atoms with E-state index in [1.54, 1.807) is 14.2 Å². The van der Waals surface area contributed by atoms with Crippen LogP contribution in [0.1, 0.15) is 19.8 Å². The quantitative estimate of drug-likeness (QED) is 0.237. The van der Waals surface area contributed by atoms with Crippen LogP contribution in [0, 0.1) is 0 Å². The van der Waals surface area contributed by atoms with E-state index < -0.39 is 15.7 Å². The second kappa shape index (κ2) is 8.18. The number of rotatable bonds is 11. The van der Waals surface area contributed by atoms with Gasteiger partial charge in [-0.3, -0.25) is 0 Å². The van der Waals surface area contributed by atoms with Crippen molar-refractivity contribution in [3.8, 4) is 0 Å². The molecule has 1 aliphatic rings. The van der Waals surface area contributed by atoms with Gasteiger partial charge in [0.15, 0.2) is 9.76 Å². The first kappa shape index (κ1) is 15.1. The number of ether oxygens (including phenoxy) is 4. The lowest BCUT2D eigenvalue weighted by Gasteiger charge is -2.30. The zero-order chi connectivity index (χ0) is 12.6. The Balaban J connectivity index is 2.18. The van der Waals surface area contributed by atoms with E-state index in [1.807, 2.05) is 0 Å². The molecule has 1 atom stereocenters. The summed E-state index contributed by atoms with van der Waals surface area (Å²) >= 11 is 0. The van der Waals surface area contributed by atoms with Gasteiger partial charge in [0.2, 0.25) is 0 Å². The molecule has 0 radical (unpaired) electrons. The molecule has 0 aliphatic carbocycles. The number of epoxide rings is 1. The van der Waals surface area contributed by atoms with Crippen molar-refractivity contribution in [3.63, 3.8) is 0 Å². The summed E-state index contributed by atoms with van der Waals surface area (Å²) in [6.45, 7) is 4.17. The minimum absolute atomic E-state index is 0.296. The first-order chi connectivity index (χ1) is 8.26. The van der Waals surface area contributed by atoms with Crippen molar-refractivity contribution in [2.75, 3.05) is 34.0 Å². The summed E-state index contributed by atoms with van der Waals surface area (Å²) in [6, 6.07) is 1.13. The van der Waals surface area contributed by atoms with Crippen LogP contribution < -0.4 is 0 Å². The SMILES string of the molecule is CCC[SiH2]OC(CCOCC1CO1)(OC)OC. The maximum Gasteiger partial charge on any atom is 0.274 e. The van der Waals surface area contributed by atoms with Crippen molar-refractivity contribution in [2.24, 2.45) is 0 Å². The summed E-state index contributed by atoms with van der Waals surface area (Å²) in [5, 5.41) is 0. The van der Waals surface area contributed by atoms with Gasteiger partial charge in [-0.25, -0.2) is 0 Å². The molecule has 0 N–H and O–H groups in total. The minimum atomic E-state index is -0.911. The third-order valence-electron chi connectivity index (χ3n) is 2.70. The van der Waals surface area contributed by atoms with Crippen LogP contribution in [0.4, 0.5) is 0 Å². The highest BCUT2D eigenvalue weighted by Gasteiger charge is 2.30. The molecule has 0 aromatic heterocycles. The molecular weight excluding hydrogens is 240 g/mol. The Hall–Kier alpha value is 0.0169. The molecular formula is C11H24O5Si. The molecule has 0 aromatic carbocycles. The molecule has 6 heteroatoms. The van der Waals surface area contributed by atoms with Crippen molar-refractivity contribution in [2.45, 2.75) is 37.9 Å². The first-order valence-electron chi connectivity index (χ1n) is 6.20. The Morgan fingerprint density at radius 3 is 2.59 bits per heavy atom. The van der Waals surface area contributed by atoms with Gasteiger partial charge in [-0.1, -0.05) is 13.3 Å². The highest BCUT2D eigenvalue weighted by atomic mass is 28.2. The predicted octanol–water partition coefficient (Wildman–Crippen LogP) is 0.667. The van der Waals surface area contributed by atoms with Crippen molar-refractivity contribution in [1.29, 1.82) is 0 Å². The lowest BCUT2D eigenvalue weighted by Crippen LogP contribution is -2.39. The fourth-order valence-electron chi connectivity index (χ4n) is 1.43. The summed E-state index contributed by atoms with van der Waals surface area (Å²) in [5.41, 5.74) is 0. The van der Waals surface area contributed by atoms with Gasteiger partial charge in [-0.2, -0.15) is 0 Å². The molecule has 102 valence electrons. The van der Waals surface area contributed by atoms with Gasteiger partial charge in [-0.15, -0.1) is 0 Å². The summed E-state index contributed by atoms with van der Waals surface area (Å²) in [7, 11) is 2.63. The van der Waals surface area contributed by atoms with E-state index >= 15 is 0 Å². The lowest BCUT2D eigenvalue weighted by molar-refractivity contribution is -0.329. The molecule has 0 spiro atoms. The molecule has 5 nitrogen and oxygen atoms in total. The third kappa shape index (κ3) is 5.94. The van der Waals surface area contributed by atoms with Crippen LogP contribution in [0.15, 0.2) is 0 Å². The van der Waals surface area contributed by atoms with Crippen LogP contribution in [-0.2, 0) is 23.4 Å². The minimum Gasteiger partial charge on any atom is -0.378 e. The van der Waals surface area contributed by atoms with Crippen LogP contribution in [-0.4, -0.2) is 55.9 Å². The summed E-state index contributed by atoms with van der Waals surface area (Å²) in [6.07, 6.45) is 2.03. The highest BCUT2D eigenvalue weighted by molar-refractivity contribution is 6.27.